The molecule has 0 unspecified atom stereocenters. The molecule has 29 heavy (non-hydrogen) atoms. The van der Waals surface area contributed by atoms with E-state index in [9.17, 15) is 0 Å². The van der Waals surface area contributed by atoms with Gasteiger partial charge in [-0.1, -0.05) is 18.2 Å². The number of fused-ring (bicyclic) bond motifs is 1. The molecule has 1 aromatic carbocycles. The second-order valence-corrected chi connectivity index (χ2v) is 10.3. The second kappa shape index (κ2) is 5.19. The lowest BCUT2D eigenvalue weighted by Gasteiger charge is -2.71. The van der Waals surface area contributed by atoms with Gasteiger partial charge in [0, 0.05) is 36.7 Å². The van der Waals surface area contributed by atoms with E-state index in [-0.39, 0.29) is 23.0 Å². The Morgan fingerprint density at radius 2 is 2.10 bits per heavy atom. The number of piperidine rings is 1. The molecule has 4 bridgehead atoms. The lowest BCUT2D eigenvalue weighted by Crippen LogP contribution is -2.81. The molecule has 7 aliphatic rings. The number of likely N-dealkylation sites (tertiary alicyclic amines) is 1. The first kappa shape index (κ1) is 17.2. The summed E-state index contributed by atoms with van der Waals surface area (Å²) in [7, 11) is 3.54. The molecule has 1 saturated heterocycles. The average Bonchev–Trinajstić information content (AvgIpc) is 3.47. The van der Waals surface area contributed by atoms with Crippen LogP contribution in [0.4, 0.5) is 0 Å². The van der Waals surface area contributed by atoms with Crippen molar-refractivity contribution in [3.63, 3.8) is 0 Å². The highest BCUT2D eigenvalue weighted by Crippen LogP contribution is 2.73. The van der Waals surface area contributed by atoms with Crippen LogP contribution in [0, 0.1) is 11.3 Å². The van der Waals surface area contributed by atoms with Crippen molar-refractivity contribution < 1.29 is 14.2 Å². The summed E-state index contributed by atoms with van der Waals surface area (Å²) in [6.07, 6.45) is 10.6. The van der Waals surface area contributed by atoms with Crippen molar-refractivity contribution in [2.75, 3.05) is 27.3 Å². The first-order valence-corrected chi connectivity index (χ1v) is 11.2. The third kappa shape index (κ3) is 1.70. The van der Waals surface area contributed by atoms with Crippen LogP contribution in [-0.4, -0.2) is 56.0 Å². The van der Waals surface area contributed by atoms with E-state index in [1.165, 1.54) is 30.5 Å². The van der Waals surface area contributed by atoms with Crippen LogP contribution < -0.4 is 15.2 Å². The van der Waals surface area contributed by atoms with Crippen molar-refractivity contribution in [3.05, 3.63) is 35.4 Å². The zero-order valence-corrected chi connectivity index (χ0v) is 17.3. The summed E-state index contributed by atoms with van der Waals surface area (Å²) in [6.45, 7) is 2.38. The normalized spacial score (nSPS) is 45.8. The third-order valence-corrected chi connectivity index (χ3v) is 9.36. The Labute approximate surface area is 172 Å². The number of hydrogen-bond acceptors (Lipinski definition) is 5. The summed E-state index contributed by atoms with van der Waals surface area (Å²) < 4.78 is 18.8. The third-order valence-electron chi connectivity index (χ3n) is 9.36. The summed E-state index contributed by atoms with van der Waals surface area (Å²) >= 11 is 0. The van der Waals surface area contributed by atoms with Gasteiger partial charge < -0.3 is 19.9 Å². The molecule has 0 aromatic heterocycles. The summed E-state index contributed by atoms with van der Waals surface area (Å²) in [4.78, 5) is 2.80. The highest BCUT2D eigenvalue weighted by atomic mass is 16.6. The molecule has 2 saturated carbocycles. The SMILES string of the molecule is COc1ccc2c3c1O[C@H]1[C@@]4(OC)C=C[C@@]5(C[C@@H]4N)[C@@H](C2)N(CC2CC2)CC[C@]315. The number of methoxy groups -OCH3 is 2. The van der Waals surface area contributed by atoms with Crippen LogP contribution in [0.2, 0.25) is 0 Å². The maximum Gasteiger partial charge on any atom is 0.166 e. The van der Waals surface area contributed by atoms with Crippen LogP contribution in [0.5, 0.6) is 11.5 Å². The monoisotopic (exact) mass is 394 g/mol. The van der Waals surface area contributed by atoms with Crippen molar-refractivity contribution in [3.8, 4) is 11.5 Å². The molecular formula is C24H30N2O3. The van der Waals surface area contributed by atoms with Crippen LogP contribution in [0.25, 0.3) is 0 Å². The Morgan fingerprint density at radius 3 is 2.83 bits per heavy atom. The van der Waals surface area contributed by atoms with Crippen molar-refractivity contribution in [1.29, 1.82) is 0 Å². The molecule has 6 atom stereocenters. The van der Waals surface area contributed by atoms with Gasteiger partial charge in [-0.25, -0.2) is 0 Å². The Hall–Kier alpha value is -1.56. The molecule has 0 radical (unpaired) electrons. The predicted molar refractivity (Wildman–Crippen MR) is 109 cm³/mol. The number of hydrogen-bond donors (Lipinski definition) is 1. The highest BCUT2D eigenvalue weighted by molar-refractivity contribution is 5.65. The first-order chi connectivity index (χ1) is 14.1. The van der Waals surface area contributed by atoms with Crippen LogP contribution >= 0.6 is 0 Å². The molecular weight excluding hydrogens is 364 g/mol. The lowest BCUT2D eigenvalue weighted by molar-refractivity contribution is -0.197. The van der Waals surface area contributed by atoms with Gasteiger partial charge >= 0.3 is 0 Å². The molecule has 5 aliphatic carbocycles. The summed E-state index contributed by atoms with van der Waals surface area (Å²) in [5, 5.41) is 0. The van der Waals surface area contributed by atoms with Gasteiger partial charge in [-0.05, 0) is 56.2 Å². The molecule has 3 fully saturated rings. The Morgan fingerprint density at radius 1 is 1.24 bits per heavy atom. The Kier molecular flexibility index (Phi) is 3.07. The topological polar surface area (TPSA) is 57.0 Å². The molecule has 8 rings (SSSR count). The van der Waals surface area contributed by atoms with E-state index in [0.29, 0.717) is 6.04 Å². The number of nitrogens with zero attached hydrogens (tertiary/aromatic N) is 1. The Balaban J connectivity index is 1.51. The molecule has 1 aromatic rings. The number of rotatable bonds is 4. The van der Waals surface area contributed by atoms with E-state index in [4.69, 9.17) is 19.9 Å². The van der Waals surface area contributed by atoms with E-state index in [1.54, 1.807) is 14.2 Å². The van der Waals surface area contributed by atoms with Crippen molar-refractivity contribution >= 4 is 0 Å². The van der Waals surface area contributed by atoms with Gasteiger partial charge in [0.25, 0.3) is 0 Å². The molecule has 5 nitrogen and oxygen atoms in total. The standard InChI is InChI=1S/C24H30N2O3/c1-27-16-6-5-15-11-18-22-7-8-24(28-2,17(25)12-22)21-23(22,19(15)20(16)29-21)9-10-26(18)13-14-3-4-14/h5-8,14,17-18,21H,3-4,9-13,25H2,1-2H3/t17-,18+,21+,22+,23-,24+/m0/s1. The highest BCUT2D eigenvalue weighted by Gasteiger charge is 2.78. The van der Waals surface area contributed by atoms with Crippen LogP contribution in [-0.2, 0) is 16.6 Å². The van der Waals surface area contributed by atoms with E-state index in [1.807, 2.05) is 0 Å². The van der Waals surface area contributed by atoms with Crippen LogP contribution in [0.1, 0.15) is 36.8 Å². The molecule has 0 amide bonds. The number of nitrogens with two attached hydrogens (primary N) is 1. The second-order valence-electron chi connectivity index (χ2n) is 10.3. The molecule has 5 heteroatoms. The largest absolute Gasteiger partial charge is 0.493 e. The molecule has 2 spiro atoms. The minimum absolute atomic E-state index is 0.0229. The van der Waals surface area contributed by atoms with E-state index in [0.717, 1.165) is 43.2 Å². The maximum atomic E-state index is 6.86. The quantitative estimate of drug-likeness (QED) is 0.795. The first-order valence-electron chi connectivity index (χ1n) is 11.2. The van der Waals surface area contributed by atoms with E-state index >= 15 is 0 Å². The minimum Gasteiger partial charge on any atom is -0.493 e. The van der Waals surface area contributed by atoms with Gasteiger partial charge in [-0.15, -0.1) is 0 Å². The van der Waals surface area contributed by atoms with Gasteiger partial charge in [-0.3, -0.25) is 4.90 Å². The molecule has 2 aliphatic heterocycles. The predicted octanol–water partition coefficient (Wildman–Crippen LogP) is 2.41. The van der Waals surface area contributed by atoms with Crippen LogP contribution in [0.15, 0.2) is 24.3 Å². The fourth-order valence-corrected chi connectivity index (χ4v) is 7.98. The zero-order valence-electron chi connectivity index (χ0n) is 17.3. The van der Waals surface area contributed by atoms with Crippen molar-refractivity contribution in [1.82, 2.24) is 4.90 Å². The lowest BCUT2D eigenvalue weighted by atomic mass is 9.38. The maximum absolute atomic E-state index is 6.86. The summed E-state index contributed by atoms with van der Waals surface area (Å²) in [6, 6.07) is 4.82. The van der Waals surface area contributed by atoms with Crippen molar-refractivity contribution in [2.45, 2.75) is 61.3 Å². The van der Waals surface area contributed by atoms with Gasteiger partial charge in [0.05, 0.1) is 12.5 Å². The fraction of sp³-hybridized carbons (Fsp3) is 0.667. The summed E-state index contributed by atoms with van der Waals surface area (Å²) in [5.41, 5.74) is 9.11. The van der Waals surface area contributed by atoms with Gasteiger partial charge in [0.1, 0.15) is 11.7 Å². The molecule has 2 heterocycles. The van der Waals surface area contributed by atoms with E-state index in [2.05, 4.69) is 29.2 Å². The van der Waals surface area contributed by atoms with Gasteiger partial charge in [0.2, 0.25) is 0 Å². The van der Waals surface area contributed by atoms with Crippen molar-refractivity contribution in [2.24, 2.45) is 17.1 Å². The minimum atomic E-state index is -0.566. The van der Waals surface area contributed by atoms with Crippen LogP contribution in [0.3, 0.4) is 0 Å². The Bertz CT molecular complexity index is 942. The summed E-state index contributed by atoms with van der Waals surface area (Å²) in [5.74, 6) is 2.69. The van der Waals surface area contributed by atoms with Gasteiger partial charge in [-0.2, -0.15) is 0 Å². The molecule has 2 N–H and O–H groups in total. The number of ether oxygens (including phenoxy) is 3. The molecule has 154 valence electrons. The average molecular weight is 395 g/mol. The fourth-order valence-electron chi connectivity index (χ4n) is 7.98. The number of benzene rings is 1. The smallest absolute Gasteiger partial charge is 0.166 e. The van der Waals surface area contributed by atoms with Gasteiger partial charge in [0.15, 0.2) is 11.5 Å². The van der Waals surface area contributed by atoms with E-state index < -0.39 is 5.60 Å². The zero-order chi connectivity index (χ0) is 19.6.